The predicted octanol–water partition coefficient (Wildman–Crippen LogP) is 2.17. The standard InChI is InChI=1S/C15H22N2O.ClH/c1-11-4-6-14(7-5-11)8-15(18)17-9-12(2)16-13(3)10-17;/h4-7,12-13,16H,8-10H2,1-3H3;1H. The normalized spacial score (nSPS) is 22.8. The fourth-order valence-corrected chi connectivity index (χ4v) is 2.52. The van der Waals surface area contributed by atoms with Crippen molar-refractivity contribution in [3.05, 3.63) is 35.4 Å². The first-order chi connectivity index (χ1) is 8.54. The summed E-state index contributed by atoms with van der Waals surface area (Å²) >= 11 is 0. The van der Waals surface area contributed by atoms with Crippen molar-refractivity contribution >= 4 is 18.3 Å². The van der Waals surface area contributed by atoms with Crippen molar-refractivity contribution in [1.82, 2.24) is 10.2 Å². The maximum absolute atomic E-state index is 12.2. The van der Waals surface area contributed by atoms with Crippen molar-refractivity contribution in [2.24, 2.45) is 0 Å². The number of benzene rings is 1. The molecule has 1 aliphatic heterocycles. The summed E-state index contributed by atoms with van der Waals surface area (Å²) in [5.41, 5.74) is 2.33. The van der Waals surface area contributed by atoms with E-state index >= 15 is 0 Å². The number of hydrogen-bond donors (Lipinski definition) is 1. The Balaban J connectivity index is 0.00000180. The van der Waals surface area contributed by atoms with Crippen molar-refractivity contribution in [3.63, 3.8) is 0 Å². The molecule has 3 nitrogen and oxygen atoms in total. The molecule has 1 fully saturated rings. The van der Waals surface area contributed by atoms with Gasteiger partial charge in [-0.05, 0) is 26.3 Å². The van der Waals surface area contributed by atoms with Gasteiger partial charge in [0.05, 0.1) is 6.42 Å². The van der Waals surface area contributed by atoms with Gasteiger partial charge in [0.25, 0.3) is 0 Å². The molecule has 2 unspecified atom stereocenters. The van der Waals surface area contributed by atoms with Crippen molar-refractivity contribution in [3.8, 4) is 0 Å². The van der Waals surface area contributed by atoms with Gasteiger partial charge in [-0.2, -0.15) is 0 Å². The summed E-state index contributed by atoms with van der Waals surface area (Å²) in [6, 6.07) is 8.98. The smallest absolute Gasteiger partial charge is 0.227 e. The summed E-state index contributed by atoms with van der Waals surface area (Å²) < 4.78 is 0. The van der Waals surface area contributed by atoms with Crippen LogP contribution in [0.15, 0.2) is 24.3 Å². The molecule has 1 saturated heterocycles. The Morgan fingerprint density at radius 2 is 1.74 bits per heavy atom. The topological polar surface area (TPSA) is 32.3 Å². The fraction of sp³-hybridized carbons (Fsp3) is 0.533. The van der Waals surface area contributed by atoms with Gasteiger partial charge in [-0.3, -0.25) is 4.79 Å². The lowest BCUT2D eigenvalue weighted by Crippen LogP contribution is -2.56. The van der Waals surface area contributed by atoms with Crippen LogP contribution >= 0.6 is 12.4 Å². The highest BCUT2D eigenvalue weighted by Crippen LogP contribution is 2.09. The van der Waals surface area contributed by atoms with E-state index in [-0.39, 0.29) is 18.3 Å². The van der Waals surface area contributed by atoms with Crippen LogP contribution in [0.4, 0.5) is 0 Å². The van der Waals surface area contributed by atoms with E-state index in [1.165, 1.54) is 5.56 Å². The minimum atomic E-state index is 0. The Bertz CT molecular complexity index is 409. The lowest BCUT2D eigenvalue weighted by molar-refractivity contribution is -0.132. The minimum absolute atomic E-state index is 0. The van der Waals surface area contributed by atoms with Gasteiger partial charge in [0, 0.05) is 25.2 Å². The monoisotopic (exact) mass is 282 g/mol. The summed E-state index contributed by atoms with van der Waals surface area (Å²) in [6.45, 7) is 7.94. The van der Waals surface area contributed by atoms with Crippen LogP contribution in [-0.4, -0.2) is 36.0 Å². The van der Waals surface area contributed by atoms with Crippen molar-refractivity contribution in [1.29, 1.82) is 0 Å². The van der Waals surface area contributed by atoms with Gasteiger partial charge < -0.3 is 10.2 Å². The van der Waals surface area contributed by atoms with Crippen molar-refractivity contribution in [2.75, 3.05) is 13.1 Å². The predicted molar refractivity (Wildman–Crippen MR) is 80.8 cm³/mol. The molecule has 0 saturated carbocycles. The molecule has 0 spiro atoms. The molecule has 1 heterocycles. The van der Waals surface area contributed by atoms with Gasteiger partial charge in [-0.25, -0.2) is 0 Å². The molecule has 0 aromatic heterocycles. The van der Waals surface area contributed by atoms with Gasteiger partial charge in [-0.15, -0.1) is 12.4 Å². The van der Waals surface area contributed by atoms with Crippen LogP contribution < -0.4 is 5.32 Å². The van der Waals surface area contributed by atoms with E-state index in [2.05, 4.69) is 38.2 Å². The van der Waals surface area contributed by atoms with E-state index in [1.807, 2.05) is 17.0 Å². The van der Waals surface area contributed by atoms with Crippen LogP contribution in [0.1, 0.15) is 25.0 Å². The summed E-state index contributed by atoms with van der Waals surface area (Å²) in [5.74, 6) is 0.235. The molecular formula is C15H23ClN2O. The number of carbonyl (C=O) groups excluding carboxylic acids is 1. The highest BCUT2D eigenvalue weighted by molar-refractivity contribution is 5.85. The second kappa shape index (κ2) is 6.92. The number of amides is 1. The van der Waals surface area contributed by atoms with Gasteiger partial charge in [0.2, 0.25) is 5.91 Å². The summed E-state index contributed by atoms with van der Waals surface area (Å²) in [7, 11) is 0. The number of nitrogens with one attached hydrogen (secondary N) is 1. The quantitative estimate of drug-likeness (QED) is 0.902. The van der Waals surface area contributed by atoms with E-state index in [0.29, 0.717) is 18.5 Å². The first-order valence-corrected chi connectivity index (χ1v) is 6.64. The summed E-state index contributed by atoms with van der Waals surface area (Å²) in [4.78, 5) is 14.2. The van der Waals surface area contributed by atoms with E-state index < -0.39 is 0 Å². The lowest BCUT2D eigenvalue weighted by Gasteiger charge is -2.36. The fourth-order valence-electron chi connectivity index (χ4n) is 2.52. The number of piperazine rings is 1. The third kappa shape index (κ3) is 4.51. The molecule has 4 heteroatoms. The number of aryl methyl sites for hydroxylation is 1. The second-order valence-electron chi connectivity index (χ2n) is 5.43. The third-order valence-corrected chi connectivity index (χ3v) is 3.39. The average Bonchev–Trinajstić information content (AvgIpc) is 2.31. The van der Waals surface area contributed by atoms with Gasteiger partial charge in [0.1, 0.15) is 0 Å². The Kier molecular flexibility index (Phi) is 5.83. The molecule has 1 aromatic rings. The first kappa shape index (κ1) is 16.0. The van der Waals surface area contributed by atoms with Crippen LogP contribution in [0.3, 0.4) is 0 Å². The van der Waals surface area contributed by atoms with Crippen LogP contribution in [0.2, 0.25) is 0 Å². The number of nitrogens with zero attached hydrogens (tertiary/aromatic N) is 1. The molecular weight excluding hydrogens is 260 g/mol. The SMILES string of the molecule is Cc1ccc(CC(=O)N2CC(C)NC(C)C2)cc1.Cl. The molecule has 2 rings (SSSR count). The molecule has 1 aromatic carbocycles. The Labute approximate surface area is 121 Å². The number of rotatable bonds is 2. The van der Waals surface area contributed by atoms with Crippen LogP contribution in [0.5, 0.6) is 0 Å². The van der Waals surface area contributed by atoms with E-state index in [9.17, 15) is 4.79 Å². The van der Waals surface area contributed by atoms with E-state index in [4.69, 9.17) is 0 Å². The minimum Gasteiger partial charge on any atom is -0.339 e. The molecule has 0 aliphatic carbocycles. The molecule has 1 N–H and O–H groups in total. The summed E-state index contributed by atoms with van der Waals surface area (Å²) in [6.07, 6.45) is 0.514. The Morgan fingerprint density at radius 3 is 2.26 bits per heavy atom. The molecule has 19 heavy (non-hydrogen) atoms. The van der Waals surface area contributed by atoms with Crippen LogP contribution in [0.25, 0.3) is 0 Å². The molecule has 1 amide bonds. The van der Waals surface area contributed by atoms with Gasteiger partial charge in [-0.1, -0.05) is 29.8 Å². The molecule has 2 atom stereocenters. The number of carbonyl (C=O) groups is 1. The zero-order valence-corrected chi connectivity index (χ0v) is 12.7. The maximum Gasteiger partial charge on any atom is 0.227 e. The van der Waals surface area contributed by atoms with Crippen molar-refractivity contribution in [2.45, 2.75) is 39.3 Å². The number of hydrogen-bond acceptors (Lipinski definition) is 2. The Hall–Kier alpha value is -1.06. The lowest BCUT2D eigenvalue weighted by atomic mass is 10.1. The third-order valence-electron chi connectivity index (χ3n) is 3.39. The first-order valence-electron chi connectivity index (χ1n) is 6.64. The number of halogens is 1. The maximum atomic E-state index is 12.2. The Morgan fingerprint density at radius 1 is 1.21 bits per heavy atom. The average molecular weight is 283 g/mol. The summed E-state index contributed by atoms with van der Waals surface area (Å²) in [5, 5.41) is 3.44. The zero-order chi connectivity index (χ0) is 13.1. The van der Waals surface area contributed by atoms with Crippen LogP contribution in [-0.2, 0) is 11.2 Å². The van der Waals surface area contributed by atoms with Gasteiger partial charge >= 0.3 is 0 Å². The zero-order valence-electron chi connectivity index (χ0n) is 11.8. The highest BCUT2D eigenvalue weighted by Gasteiger charge is 2.24. The van der Waals surface area contributed by atoms with Crippen molar-refractivity contribution < 1.29 is 4.79 Å². The molecule has 1 aliphatic rings. The van der Waals surface area contributed by atoms with E-state index in [0.717, 1.165) is 18.7 Å². The van der Waals surface area contributed by atoms with Crippen LogP contribution in [0, 0.1) is 6.92 Å². The molecule has 0 radical (unpaired) electrons. The molecule has 0 bridgehead atoms. The van der Waals surface area contributed by atoms with Gasteiger partial charge in [0.15, 0.2) is 0 Å². The highest BCUT2D eigenvalue weighted by atomic mass is 35.5. The molecule has 106 valence electrons. The largest absolute Gasteiger partial charge is 0.339 e. The second-order valence-corrected chi connectivity index (χ2v) is 5.43. The van der Waals surface area contributed by atoms with E-state index in [1.54, 1.807) is 0 Å².